The monoisotopic (exact) mass is 294 g/mol. The summed E-state index contributed by atoms with van der Waals surface area (Å²) in [5.74, 6) is 1.04. The highest BCUT2D eigenvalue weighted by atomic mass is 35.5. The lowest BCUT2D eigenvalue weighted by Crippen LogP contribution is -2.34. The first-order valence-electron chi connectivity index (χ1n) is 7.33. The van der Waals surface area contributed by atoms with Crippen molar-refractivity contribution < 1.29 is 4.79 Å². The van der Waals surface area contributed by atoms with Crippen LogP contribution < -0.4 is 5.73 Å². The molecule has 3 nitrogen and oxygen atoms in total. The largest absolute Gasteiger partial charge is 0.342 e. The molecule has 1 heterocycles. The molecule has 0 aromatic heterocycles. The van der Waals surface area contributed by atoms with E-state index in [0.717, 1.165) is 38.8 Å². The van der Waals surface area contributed by atoms with E-state index in [9.17, 15) is 4.79 Å². The maximum Gasteiger partial charge on any atom is 0.225 e. The minimum absolute atomic E-state index is 0. The van der Waals surface area contributed by atoms with E-state index in [4.69, 9.17) is 5.73 Å². The van der Waals surface area contributed by atoms with E-state index in [-0.39, 0.29) is 24.4 Å². The lowest BCUT2D eigenvalue weighted by atomic mass is 9.99. The number of hydrogen-bond acceptors (Lipinski definition) is 2. The molecule has 1 aromatic carbocycles. The maximum absolute atomic E-state index is 12.4. The van der Waals surface area contributed by atoms with Crippen LogP contribution in [0.2, 0.25) is 0 Å². The van der Waals surface area contributed by atoms with Gasteiger partial charge in [-0.25, -0.2) is 0 Å². The highest BCUT2D eigenvalue weighted by Crippen LogP contribution is 2.31. The Morgan fingerprint density at radius 1 is 1.15 bits per heavy atom. The molecule has 2 N–H and O–H groups in total. The van der Waals surface area contributed by atoms with Crippen molar-refractivity contribution in [3.63, 3.8) is 0 Å². The number of amides is 1. The van der Waals surface area contributed by atoms with E-state index in [2.05, 4.69) is 29.2 Å². The van der Waals surface area contributed by atoms with Crippen molar-refractivity contribution in [2.45, 2.75) is 37.6 Å². The topological polar surface area (TPSA) is 46.3 Å². The summed E-state index contributed by atoms with van der Waals surface area (Å²) in [5, 5.41) is 0. The fraction of sp³-hybridized carbons (Fsp3) is 0.562. The summed E-state index contributed by atoms with van der Waals surface area (Å²) < 4.78 is 0. The second-order valence-electron chi connectivity index (χ2n) is 5.95. The van der Waals surface area contributed by atoms with Crippen molar-refractivity contribution in [1.82, 2.24) is 4.90 Å². The molecule has 3 unspecified atom stereocenters. The Balaban J connectivity index is 0.00000147. The molecule has 1 aromatic rings. The summed E-state index contributed by atoms with van der Waals surface area (Å²) in [6.07, 6.45) is 3.96. The molecule has 1 amide bonds. The first kappa shape index (κ1) is 15.3. The molecule has 1 saturated heterocycles. The lowest BCUT2D eigenvalue weighted by Gasteiger charge is -2.20. The SMILES string of the molecule is Cl.NC1CCC(C(=O)N2CCC(c3ccccc3)C2)C1. The van der Waals surface area contributed by atoms with E-state index in [1.165, 1.54) is 5.56 Å². The normalized spacial score (nSPS) is 29.2. The minimum atomic E-state index is 0. The Morgan fingerprint density at radius 2 is 1.90 bits per heavy atom. The van der Waals surface area contributed by atoms with Gasteiger partial charge in [0, 0.05) is 31.0 Å². The molecule has 0 bridgehead atoms. The fourth-order valence-corrected chi connectivity index (χ4v) is 3.46. The van der Waals surface area contributed by atoms with Gasteiger partial charge in [-0.3, -0.25) is 4.79 Å². The Kier molecular flexibility index (Phi) is 5.06. The third kappa shape index (κ3) is 3.15. The molecule has 110 valence electrons. The maximum atomic E-state index is 12.4. The van der Waals surface area contributed by atoms with Crippen molar-refractivity contribution in [1.29, 1.82) is 0 Å². The summed E-state index contributed by atoms with van der Waals surface area (Å²) in [4.78, 5) is 14.5. The third-order valence-electron chi connectivity index (χ3n) is 4.59. The Labute approximate surface area is 126 Å². The highest BCUT2D eigenvalue weighted by molar-refractivity contribution is 5.85. The number of benzene rings is 1. The quantitative estimate of drug-likeness (QED) is 0.911. The van der Waals surface area contributed by atoms with Gasteiger partial charge in [0.05, 0.1) is 0 Å². The van der Waals surface area contributed by atoms with Crippen LogP contribution in [-0.2, 0) is 4.79 Å². The number of likely N-dealkylation sites (tertiary alicyclic amines) is 1. The summed E-state index contributed by atoms with van der Waals surface area (Å²) in [6, 6.07) is 10.8. The standard InChI is InChI=1S/C16H22N2O.ClH/c17-15-7-6-13(10-15)16(19)18-9-8-14(11-18)12-4-2-1-3-5-12;/h1-5,13-15H,6-11,17H2;1H. The second kappa shape index (κ2) is 6.59. The van der Waals surface area contributed by atoms with Gasteiger partial charge < -0.3 is 10.6 Å². The van der Waals surface area contributed by atoms with Gasteiger partial charge in [0.25, 0.3) is 0 Å². The van der Waals surface area contributed by atoms with E-state index >= 15 is 0 Å². The van der Waals surface area contributed by atoms with E-state index < -0.39 is 0 Å². The Bertz CT molecular complexity index is 451. The van der Waals surface area contributed by atoms with Crippen LogP contribution in [0, 0.1) is 5.92 Å². The number of halogens is 1. The van der Waals surface area contributed by atoms with Crippen LogP contribution >= 0.6 is 12.4 Å². The molecule has 0 spiro atoms. The molecule has 20 heavy (non-hydrogen) atoms. The van der Waals surface area contributed by atoms with Gasteiger partial charge in [-0.15, -0.1) is 12.4 Å². The highest BCUT2D eigenvalue weighted by Gasteiger charge is 2.34. The Hall–Kier alpha value is -1.06. The van der Waals surface area contributed by atoms with E-state index in [1.807, 2.05) is 6.07 Å². The lowest BCUT2D eigenvalue weighted by molar-refractivity contribution is -0.134. The number of nitrogens with two attached hydrogens (primary N) is 1. The molecule has 4 heteroatoms. The van der Waals surface area contributed by atoms with Crippen molar-refractivity contribution in [3.05, 3.63) is 35.9 Å². The number of carbonyl (C=O) groups is 1. The average Bonchev–Trinajstić information content (AvgIpc) is 3.08. The van der Waals surface area contributed by atoms with Crippen LogP contribution in [0.1, 0.15) is 37.2 Å². The molecule has 1 aliphatic carbocycles. The van der Waals surface area contributed by atoms with Crippen molar-refractivity contribution >= 4 is 18.3 Å². The van der Waals surface area contributed by atoms with Crippen LogP contribution in [-0.4, -0.2) is 29.9 Å². The average molecular weight is 295 g/mol. The van der Waals surface area contributed by atoms with Crippen LogP contribution in [0.5, 0.6) is 0 Å². The predicted molar refractivity (Wildman–Crippen MR) is 82.9 cm³/mol. The number of rotatable bonds is 2. The first-order chi connectivity index (χ1) is 9.24. The summed E-state index contributed by atoms with van der Waals surface area (Å²) >= 11 is 0. The van der Waals surface area contributed by atoms with Gasteiger partial charge in [0.1, 0.15) is 0 Å². The summed E-state index contributed by atoms with van der Waals surface area (Å²) in [6.45, 7) is 1.79. The molecule has 3 atom stereocenters. The third-order valence-corrected chi connectivity index (χ3v) is 4.59. The zero-order valence-corrected chi connectivity index (χ0v) is 12.5. The molecular weight excluding hydrogens is 272 g/mol. The van der Waals surface area contributed by atoms with E-state index in [0.29, 0.717) is 11.8 Å². The fourth-order valence-electron chi connectivity index (χ4n) is 3.46. The van der Waals surface area contributed by atoms with E-state index in [1.54, 1.807) is 0 Å². The predicted octanol–water partition coefficient (Wildman–Crippen LogP) is 2.55. The van der Waals surface area contributed by atoms with Crippen molar-refractivity contribution in [2.24, 2.45) is 11.7 Å². The molecular formula is C16H23ClN2O. The number of carbonyl (C=O) groups excluding carboxylic acids is 1. The molecule has 1 saturated carbocycles. The molecule has 3 rings (SSSR count). The molecule has 0 radical (unpaired) electrons. The zero-order valence-electron chi connectivity index (χ0n) is 11.7. The minimum Gasteiger partial charge on any atom is -0.342 e. The van der Waals surface area contributed by atoms with Gasteiger partial charge in [0.2, 0.25) is 5.91 Å². The molecule has 1 aliphatic heterocycles. The van der Waals surface area contributed by atoms with Gasteiger partial charge >= 0.3 is 0 Å². The van der Waals surface area contributed by atoms with Crippen LogP contribution in [0.3, 0.4) is 0 Å². The van der Waals surface area contributed by atoms with Gasteiger partial charge in [0.15, 0.2) is 0 Å². The number of nitrogens with zero attached hydrogens (tertiary/aromatic N) is 1. The Morgan fingerprint density at radius 3 is 2.55 bits per heavy atom. The van der Waals surface area contributed by atoms with Gasteiger partial charge in [-0.1, -0.05) is 30.3 Å². The number of hydrogen-bond donors (Lipinski definition) is 1. The smallest absolute Gasteiger partial charge is 0.225 e. The van der Waals surface area contributed by atoms with Crippen molar-refractivity contribution in [3.8, 4) is 0 Å². The van der Waals surface area contributed by atoms with Gasteiger partial charge in [-0.05, 0) is 31.2 Å². The summed E-state index contributed by atoms with van der Waals surface area (Å²) in [7, 11) is 0. The zero-order chi connectivity index (χ0) is 13.2. The van der Waals surface area contributed by atoms with Crippen molar-refractivity contribution in [2.75, 3.05) is 13.1 Å². The van der Waals surface area contributed by atoms with Crippen LogP contribution in [0.25, 0.3) is 0 Å². The summed E-state index contributed by atoms with van der Waals surface area (Å²) in [5.41, 5.74) is 7.27. The first-order valence-corrected chi connectivity index (χ1v) is 7.33. The van der Waals surface area contributed by atoms with Crippen LogP contribution in [0.15, 0.2) is 30.3 Å². The molecule has 2 fully saturated rings. The molecule has 2 aliphatic rings. The second-order valence-corrected chi connectivity index (χ2v) is 5.95. The van der Waals surface area contributed by atoms with Gasteiger partial charge in [-0.2, -0.15) is 0 Å². The van der Waals surface area contributed by atoms with Crippen LogP contribution in [0.4, 0.5) is 0 Å².